The van der Waals surface area contributed by atoms with Crippen molar-refractivity contribution in [1.29, 1.82) is 0 Å². The van der Waals surface area contributed by atoms with E-state index in [9.17, 15) is 8.42 Å². The van der Waals surface area contributed by atoms with Crippen LogP contribution in [0.25, 0.3) is 0 Å². The molecule has 0 fully saturated rings. The minimum Gasteiger partial charge on any atom is -0.282 e. The van der Waals surface area contributed by atoms with Gasteiger partial charge in [0.1, 0.15) is 4.90 Å². The maximum absolute atomic E-state index is 10.7. The fraction of sp³-hybridized carbons (Fsp3) is 0. The maximum atomic E-state index is 10.7. The average Bonchev–Trinajstić information content (AvgIpc) is 1.98. The standard InChI is InChI=1S/C6H3Cl3O3S.Fe/c7-3-1-2-4(13(10,11)12)6(9)5(3)8;/h1-2H,(H,10,11,12);. The molecule has 1 N–H and O–H groups in total. The number of halogens is 3. The van der Waals surface area contributed by atoms with E-state index in [1.165, 1.54) is 6.07 Å². The van der Waals surface area contributed by atoms with Crippen LogP contribution in [0.4, 0.5) is 0 Å². The number of benzene rings is 1. The van der Waals surface area contributed by atoms with Crippen LogP contribution < -0.4 is 0 Å². The van der Waals surface area contributed by atoms with E-state index in [0.29, 0.717) is 0 Å². The Kier molecular flexibility index (Phi) is 5.22. The predicted octanol–water partition coefficient (Wildman–Crippen LogP) is 2.89. The van der Waals surface area contributed by atoms with Crippen molar-refractivity contribution >= 4 is 44.9 Å². The second-order valence-corrected chi connectivity index (χ2v) is 4.70. The molecule has 1 rings (SSSR count). The Hall–Kier alpha value is 0.519. The summed E-state index contributed by atoms with van der Waals surface area (Å²) in [5.74, 6) is 0. The Balaban J connectivity index is 0.00000169. The third-order valence-electron chi connectivity index (χ3n) is 1.28. The van der Waals surface area contributed by atoms with Gasteiger partial charge < -0.3 is 0 Å². The second-order valence-electron chi connectivity index (χ2n) is 2.15. The van der Waals surface area contributed by atoms with Gasteiger partial charge in [-0.2, -0.15) is 8.42 Å². The van der Waals surface area contributed by atoms with Crippen molar-refractivity contribution in [1.82, 2.24) is 0 Å². The summed E-state index contributed by atoms with van der Waals surface area (Å²) in [4.78, 5) is -0.455. The molecular weight excluding hydrogens is 314 g/mol. The monoisotopic (exact) mass is 316 g/mol. The van der Waals surface area contributed by atoms with Crippen LogP contribution in [0.2, 0.25) is 15.1 Å². The zero-order chi connectivity index (χ0) is 10.2. The third-order valence-corrected chi connectivity index (χ3v) is 3.58. The van der Waals surface area contributed by atoms with Crippen molar-refractivity contribution in [3.8, 4) is 0 Å². The van der Waals surface area contributed by atoms with Gasteiger partial charge in [0.15, 0.2) is 0 Å². The van der Waals surface area contributed by atoms with Gasteiger partial charge in [-0.1, -0.05) is 34.8 Å². The molecule has 0 radical (unpaired) electrons. The largest absolute Gasteiger partial charge is 0.296 e. The third kappa shape index (κ3) is 3.00. The summed E-state index contributed by atoms with van der Waals surface area (Å²) in [5.41, 5.74) is 0. The van der Waals surface area contributed by atoms with Crippen LogP contribution in [0.5, 0.6) is 0 Å². The molecular formula is C6H3Cl3FeO3S. The van der Waals surface area contributed by atoms with Gasteiger partial charge in [-0.05, 0) is 12.1 Å². The van der Waals surface area contributed by atoms with E-state index in [-0.39, 0.29) is 32.1 Å². The van der Waals surface area contributed by atoms with Crippen molar-refractivity contribution in [3.63, 3.8) is 0 Å². The molecule has 0 saturated carbocycles. The van der Waals surface area contributed by atoms with Gasteiger partial charge in [-0.15, -0.1) is 0 Å². The molecule has 8 heteroatoms. The summed E-state index contributed by atoms with van der Waals surface area (Å²) in [7, 11) is -4.35. The summed E-state index contributed by atoms with van der Waals surface area (Å²) in [6.45, 7) is 0. The summed E-state index contributed by atoms with van der Waals surface area (Å²) in [5, 5.41) is -0.255. The molecule has 0 aliphatic carbocycles. The van der Waals surface area contributed by atoms with Crippen molar-refractivity contribution < 1.29 is 30.0 Å². The Morgan fingerprint density at radius 1 is 1.07 bits per heavy atom. The van der Waals surface area contributed by atoms with Crippen LogP contribution in [0.1, 0.15) is 0 Å². The van der Waals surface area contributed by atoms with E-state index in [2.05, 4.69) is 0 Å². The molecule has 80 valence electrons. The molecule has 0 unspecified atom stereocenters. The number of hydrogen-bond donors (Lipinski definition) is 1. The smallest absolute Gasteiger partial charge is 0.282 e. The summed E-state index contributed by atoms with van der Waals surface area (Å²) < 4.78 is 30.0. The molecule has 0 aliphatic rings. The van der Waals surface area contributed by atoms with Gasteiger partial charge in [-0.3, -0.25) is 4.55 Å². The van der Waals surface area contributed by atoms with Crippen molar-refractivity contribution in [2.24, 2.45) is 0 Å². The van der Waals surface area contributed by atoms with Gasteiger partial charge in [-0.25, -0.2) is 0 Å². The minimum absolute atomic E-state index is 0. The van der Waals surface area contributed by atoms with E-state index < -0.39 is 15.0 Å². The van der Waals surface area contributed by atoms with Gasteiger partial charge >= 0.3 is 0 Å². The minimum atomic E-state index is -4.35. The quantitative estimate of drug-likeness (QED) is 0.492. The topological polar surface area (TPSA) is 54.4 Å². The predicted molar refractivity (Wildman–Crippen MR) is 51.3 cm³/mol. The van der Waals surface area contributed by atoms with E-state index in [1.807, 2.05) is 0 Å². The molecule has 3 nitrogen and oxygen atoms in total. The molecule has 0 amide bonds. The summed E-state index contributed by atoms with van der Waals surface area (Å²) >= 11 is 16.6. The van der Waals surface area contributed by atoms with Crippen LogP contribution in [-0.2, 0) is 27.2 Å². The normalized spacial score (nSPS) is 10.9. The Labute approximate surface area is 107 Å². The molecule has 0 aliphatic heterocycles. The van der Waals surface area contributed by atoms with Crippen molar-refractivity contribution in [2.75, 3.05) is 0 Å². The molecule has 14 heavy (non-hydrogen) atoms. The second kappa shape index (κ2) is 5.03. The summed E-state index contributed by atoms with van der Waals surface area (Å²) in [6.07, 6.45) is 0. The molecule has 0 bridgehead atoms. The fourth-order valence-corrected chi connectivity index (χ4v) is 2.16. The van der Waals surface area contributed by atoms with E-state index >= 15 is 0 Å². The zero-order valence-corrected chi connectivity index (χ0v) is 10.5. The van der Waals surface area contributed by atoms with E-state index in [1.54, 1.807) is 0 Å². The summed E-state index contributed by atoms with van der Waals surface area (Å²) in [6, 6.07) is 2.31. The van der Waals surface area contributed by atoms with Gasteiger partial charge in [0, 0.05) is 17.1 Å². The first-order chi connectivity index (χ1) is 5.84. The van der Waals surface area contributed by atoms with E-state index in [0.717, 1.165) is 6.07 Å². The number of rotatable bonds is 1. The van der Waals surface area contributed by atoms with Crippen molar-refractivity contribution in [3.05, 3.63) is 27.2 Å². The molecule has 0 saturated heterocycles. The molecule has 0 aromatic heterocycles. The zero-order valence-electron chi connectivity index (χ0n) is 6.31. The van der Waals surface area contributed by atoms with Crippen molar-refractivity contribution in [2.45, 2.75) is 4.90 Å². The Bertz CT molecular complexity index is 446. The molecule has 1 aromatic carbocycles. The average molecular weight is 317 g/mol. The van der Waals surface area contributed by atoms with Crippen LogP contribution in [0, 0.1) is 0 Å². The Morgan fingerprint density at radius 2 is 1.57 bits per heavy atom. The first-order valence-corrected chi connectivity index (χ1v) is 5.52. The van der Waals surface area contributed by atoms with Crippen LogP contribution in [-0.4, -0.2) is 13.0 Å². The van der Waals surface area contributed by atoms with Crippen LogP contribution >= 0.6 is 34.8 Å². The first kappa shape index (κ1) is 14.5. The molecule has 0 spiro atoms. The van der Waals surface area contributed by atoms with Gasteiger partial charge in [0.05, 0.1) is 15.1 Å². The SMILES string of the molecule is O=S(=O)(O)c1ccc(Cl)c(Cl)c1Cl.[Fe]. The molecule has 1 aromatic rings. The number of hydrogen-bond acceptors (Lipinski definition) is 2. The Morgan fingerprint density at radius 3 is 2.00 bits per heavy atom. The van der Waals surface area contributed by atoms with Gasteiger partial charge in [0.25, 0.3) is 10.1 Å². The fourth-order valence-electron chi connectivity index (χ4n) is 0.707. The maximum Gasteiger partial charge on any atom is 0.296 e. The molecule has 0 heterocycles. The van der Waals surface area contributed by atoms with Crippen LogP contribution in [0.3, 0.4) is 0 Å². The van der Waals surface area contributed by atoms with Crippen LogP contribution in [0.15, 0.2) is 17.0 Å². The molecule has 0 atom stereocenters. The van der Waals surface area contributed by atoms with Gasteiger partial charge in [0.2, 0.25) is 0 Å². The van der Waals surface area contributed by atoms with E-state index in [4.69, 9.17) is 39.4 Å². The first-order valence-electron chi connectivity index (χ1n) is 2.95.